The summed E-state index contributed by atoms with van der Waals surface area (Å²) in [5.41, 5.74) is 46.5. The molecule has 630 valence electrons. The van der Waals surface area contributed by atoms with Crippen LogP contribution >= 0.6 is 34.8 Å². The Morgan fingerprint density at radius 3 is 1.04 bits per heavy atom. The molecule has 33 nitrogen and oxygen atoms in total. The number of hydrogen-bond acceptors (Lipinski definition) is 17. The van der Waals surface area contributed by atoms with Crippen LogP contribution in [0, 0.1) is 13.1 Å². The molecule has 3 fully saturated rings. The number of carbonyl (C=O) groups excluding carboxylic acids is 3. The second-order valence-corrected chi connectivity index (χ2v) is 32.1. The fourth-order valence-corrected chi connectivity index (χ4v) is 17.2. The fourth-order valence-electron chi connectivity index (χ4n) is 16.7. The number of amides is 5. The summed E-state index contributed by atoms with van der Waals surface area (Å²) in [6, 6.07) is 39.7. The van der Waals surface area contributed by atoms with Crippen LogP contribution in [0.2, 0.25) is 15.1 Å². The van der Waals surface area contributed by atoms with Gasteiger partial charge in [-0.05, 0) is 180 Å². The number of hydrogen-bond donors (Lipinski definition) is 3. The normalized spacial score (nSPS) is 17.3. The van der Waals surface area contributed by atoms with E-state index in [4.69, 9.17) is 67.6 Å². The minimum atomic E-state index is -1.55. The van der Waals surface area contributed by atoms with E-state index in [-0.39, 0.29) is 30.2 Å². The van der Waals surface area contributed by atoms with E-state index in [0.29, 0.717) is 116 Å². The lowest BCUT2D eigenvalue weighted by Gasteiger charge is -2.40. The van der Waals surface area contributed by atoms with Crippen LogP contribution < -0.4 is 10.6 Å². The van der Waals surface area contributed by atoms with Gasteiger partial charge >= 0.3 is 18.2 Å². The number of aromatic nitrogens is 9. The zero-order valence-corrected chi connectivity index (χ0v) is 70.8. The maximum Gasteiger partial charge on any atom is 0.412 e. The molecule has 0 spiro atoms. The first-order chi connectivity index (χ1) is 60.6. The molecule has 0 bridgehead atoms. The van der Waals surface area contributed by atoms with Gasteiger partial charge in [0.15, 0.2) is 11.4 Å². The number of ether oxygens (including phenoxy) is 1. The Labute approximate surface area is 734 Å². The number of aryl methyl sites for hydroxylation is 3. The summed E-state index contributed by atoms with van der Waals surface area (Å²) in [5, 5.41) is 30.1. The van der Waals surface area contributed by atoms with E-state index < -0.39 is 30.0 Å². The third kappa shape index (κ3) is 18.9. The second kappa shape index (κ2) is 38.1. The first-order valence-electron chi connectivity index (χ1n) is 40.0. The highest BCUT2D eigenvalue weighted by atomic mass is 35.5. The molecule has 3 unspecified atom stereocenters. The fraction of sp³-hybridized carbons (Fsp3) is 0.270. The number of urea groups is 2. The van der Waals surface area contributed by atoms with E-state index in [1.165, 1.54) is 13.8 Å². The molecule has 5 amide bonds. The van der Waals surface area contributed by atoms with E-state index in [9.17, 15) is 36.1 Å². The van der Waals surface area contributed by atoms with Crippen LogP contribution in [0.15, 0.2) is 211 Å². The molecule has 11 aromatic rings. The molecule has 3 aliphatic carbocycles. The van der Waals surface area contributed by atoms with Gasteiger partial charge in [-0.3, -0.25) is 29.7 Å². The monoisotopic (exact) mass is 1730 g/mol. The molecule has 3 N–H and O–H groups in total. The van der Waals surface area contributed by atoms with Crippen molar-refractivity contribution in [3.63, 3.8) is 0 Å². The average Bonchev–Trinajstić information content (AvgIpc) is 1.66. The lowest BCUT2D eigenvalue weighted by atomic mass is 9.90. The maximum absolute atomic E-state index is 13.1. The molecule has 0 radical (unpaired) electrons. The predicted octanol–water partition coefficient (Wildman–Crippen LogP) is 18.7. The van der Waals surface area contributed by atoms with Crippen molar-refractivity contribution < 1.29 is 24.2 Å². The van der Waals surface area contributed by atoms with Gasteiger partial charge in [-0.1, -0.05) is 111 Å². The summed E-state index contributed by atoms with van der Waals surface area (Å²) in [6.07, 6.45) is 21.0. The minimum Gasteiger partial charge on any atom is -0.418 e. The van der Waals surface area contributed by atoms with E-state index in [1.54, 1.807) is 119 Å². The third-order valence-electron chi connectivity index (χ3n) is 22.7. The van der Waals surface area contributed by atoms with Crippen molar-refractivity contribution in [2.75, 3.05) is 89.2 Å². The number of carbonyl (C=O) groups is 3. The van der Waals surface area contributed by atoms with Gasteiger partial charge < -0.3 is 48.9 Å². The number of benzene rings is 5. The van der Waals surface area contributed by atoms with Gasteiger partial charge in [0.05, 0.1) is 84.4 Å². The van der Waals surface area contributed by atoms with E-state index in [1.807, 2.05) is 144 Å². The number of fused-ring (bicyclic) bond motifs is 6. The van der Waals surface area contributed by atoms with Crippen molar-refractivity contribution in [3.05, 3.63) is 349 Å². The molecule has 3 saturated heterocycles. The van der Waals surface area contributed by atoms with Crippen LogP contribution in [-0.2, 0) is 25.9 Å². The minimum absolute atomic E-state index is 0.181. The lowest BCUT2D eigenvalue weighted by molar-refractivity contribution is -0.140. The molecule has 17 rings (SSSR count). The Balaban J connectivity index is 0.000000145. The van der Waals surface area contributed by atoms with Crippen LogP contribution in [0.1, 0.15) is 134 Å². The number of piperazine rings is 3. The van der Waals surface area contributed by atoms with Crippen molar-refractivity contribution >= 4 is 111 Å². The Bertz CT molecular complexity index is 5980. The molecule has 6 aliphatic rings. The van der Waals surface area contributed by atoms with Crippen molar-refractivity contribution in [1.82, 2.24) is 73.0 Å². The predicted molar refractivity (Wildman–Crippen MR) is 477 cm³/mol. The number of nitrogens with one attached hydrogen (secondary N) is 2. The number of imidazole rings is 3. The summed E-state index contributed by atoms with van der Waals surface area (Å²) in [6.45, 7) is 23.6. The SMILES string of the molecule is Cn1cncc1C(N=[N+]=[N-])C1=Cc2cccnc2[C@@H](N2CCN(C(=O)OC(C)(C)O)CC2)c2ccc(Cl)cc21.[C-]#[N+]c1ccc(NC(=O)N2CCN([C@H]3c4ccc(Cl)cc4C(C(N=[N+]=[N-])c4cncn4C)=Cc4cccnc43)CC2)cc1.[C-]#[N+]c1ccc(NC(=O)N2CCN([C@H]3c4ccc(Cl)cc4C(C(N=[N+]=[N-])c4cncn4C)=Cc4cccnc43)CC2)cc1. The molecule has 125 heavy (non-hydrogen) atoms. The Hall–Kier alpha value is -14.2. The highest BCUT2D eigenvalue weighted by Crippen LogP contribution is 2.50. The summed E-state index contributed by atoms with van der Waals surface area (Å²) in [4.78, 5) is 94.4. The van der Waals surface area contributed by atoms with Gasteiger partial charge in [-0.2, -0.15) is 0 Å². The molecule has 3 aliphatic heterocycles. The molecule has 0 saturated carbocycles. The molecule has 5 aromatic carbocycles. The van der Waals surface area contributed by atoms with Crippen LogP contribution in [-0.4, -0.2) is 181 Å². The average molecular weight is 1730 g/mol. The van der Waals surface area contributed by atoms with Gasteiger partial charge in [-0.15, -0.1) is 0 Å². The van der Waals surface area contributed by atoms with Gasteiger partial charge in [0.1, 0.15) is 18.1 Å². The Morgan fingerprint density at radius 1 is 0.464 bits per heavy atom. The Morgan fingerprint density at radius 2 is 0.768 bits per heavy atom. The summed E-state index contributed by atoms with van der Waals surface area (Å²) in [7, 11) is 5.60. The topological polar surface area (TPSA) is 371 Å². The van der Waals surface area contributed by atoms with E-state index in [0.717, 1.165) is 101 Å². The molecule has 9 heterocycles. The van der Waals surface area contributed by atoms with Gasteiger partial charge in [-0.25, -0.2) is 39.0 Å². The van der Waals surface area contributed by atoms with Crippen LogP contribution in [0.3, 0.4) is 0 Å². The quantitative estimate of drug-likeness (QED) is 0.0282. The van der Waals surface area contributed by atoms with Crippen molar-refractivity contribution in [3.8, 4) is 0 Å². The van der Waals surface area contributed by atoms with Gasteiger partial charge in [0.25, 0.3) is 0 Å². The zero-order valence-electron chi connectivity index (χ0n) is 68.5. The number of halogens is 3. The largest absolute Gasteiger partial charge is 0.418 e. The first-order valence-corrected chi connectivity index (χ1v) is 41.1. The van der Waals surface area contributed by atoms with Crippen molar-refractivity contribution in [2.24, 2.45) is 36.5 Å². The smallest absolute Gasteiger partial charge is 0.412 e. The lowest BCUT2D eigenvalue weighted by Crippen LogP contribution is -2.51. The van der Waals surface area contributed by atoms with Crippen molar-refractivity contribution in [2.45, 2.75) is 55.9 Å². The number of aliphatic hydroxyl groups is 1. The highest BCUT2D eigenvalue weighted by Gasteiger charge is 2.41. The van der Waals surface area contributed by atoms with Crippen molar-refractivity contribution in [1.29, 1.82) is 0 Å². The number of anilines is 2. The van der Waals surface area contributed by atoms with Crippen LogP contribution in [0.4, 0.5) is 37.1 Å². The van der Waals surface area contributed by atoms with Gasteiger partial charge in [0, 0.05) is 192 Å². The summed E-state index contributed by atoms with van der Waals surface area (Å²) in [5.74, 6) is -1.55. The maximum atomic E-state index is 13.1. The number of pyridine rings is 3. The van der Waals surface area contributed by atoms with E-state index in [2.05, 4.69) is 80.1 Å². The highest BCUT2D eigenvalue weighted by molar-refractivity contribution is 6.31. The number of nitrogens with zero attached hydrogens (tertiary/aromatic N) is 26. The third-order valence-corrected chi connectivity index (χ3v) is 23.4. The molecule has 6 atom stereocenters. The first kappa shape index (κ1) is 85.8. The Kier molecular flexibility index (Phi) is 26.1. The number of azide groups is 3. The molecular formula is C89H83Cl3N28O5. The number of rotatable bonds is 15. The molecule has 6 aromatic heterocycles. The van der Waals surface area contributed by atoms with Gasteiger partial charge in [0.2, 0.25) is 5.79 Å². The van der Waals surface area contributed by atoms with E-state index >= 15 is 0 Å². The zero-order chi connectivity index (χ0) is 87.6. The molecular weight excluding hydrogens is 1650 g/mol. The van der Waals surface area contributed by atoms with Crippen LogP contribution in [0.25, 0.3) is 76.0 Å². The second-order valence-electron chi connectivity index (χ2n) is 30.8. The van der Waals surface area contributed by atoms with Crippen LogP contribution in [0.5, 0.6) is 0 Å². The summed E-state index contributed by atoms with van der Waals surface area (Å²) < 4.78 is 10.7. The summed E-state index contributed by atoms with van der Waals surface area (Å²) >= 11 is 19.7. The standard InChI is InChI=1S/2C31H27ClN10O.C27H29ClN8O3/c2*1-34-22-6-8-23(9-7-22)37-31(43)42-14-12-41(13-15-42)30-24-10-5-21(32)17-25(24)26(16-20-4-3-11-36-28(20)30)29(38-39-33)27-18-35-19-40(27)2;1-27(2,38)39-26(37)36-11-9-35(10-12-36)25-19-7-6-18(28)14-20(19)21(13-17-5-4-8-31-23(17)25)24(32-33-29)22-15-30-16-34(22)3/h2*3-11,16-19,29-30H,12-15H2,2H3,(H,37,43);4-8,13-16,24-25,38H,9-12H2,1-3H3/t2*29?,30-;24?,25-/m000/s1. The molecule has 36 heteroatoms.